The number of piperazine rings is 1. The van der Waals surface area contributed by atoms with Crippen LogP contribution >= 0.6 is 0 Å². The van der Waals surface area contributed by atoms with E-state index in [1.54, 1.807) is 0 Å². The van der Waals surface area contributed by atoms with Gasteiger partial charge in [0.25, 0.3) is 8.32 Å². The van der Waals surface area contributed by atoms with Crippen LogP contribution in [-0.2, 0) is 9.22 Å². The van der Waals surface area contributed by atoms with Gasteiger partial charge in [-0.25, -0.2) is 0 Å². The van der Waals surface area contributed by atoms with E-state index in [-0.39, 0.29) is 10.9 Å². The molecule has 0 bridgehead atoms. The molecule has 1 fully saturated rings. The van der Waals surface area contributed by atoms with Crippen LogP contribution in [0.1, 0.15) is 33.6 Å². The third-order valence-corrected chi connectivity index (χ3v) is 12.5. The molecule has 3 aromatic carbocycles. The van der Waals surface area contributed by atoms with Crippen molar-refractivity contribution in [3.05, 3.63) is 78.9 Å². The topological polar surface area (TPSA) is 70.8 Å². The third-order valence-electron chi connectivity index (χ3n) is 7.42. The Labute approximate surface area is 228 Å². The van der Waals surface area contributed by atoms with Gasteiger partial charge in [-0.2, -0.15) is 0 Å². The summed E-state index contributed by atoms with van der Waals surface area (Å²) >= 11 is 0. The zero-order valence-electron chi connectivity index (χ0n) is 23.2. The van der Waals surface area contributed by atoms with Crippen LogP contribution in [0.25, 0.3) is 0 Å². The maximum absolute atomic E-state index is 13.0. The van der Waals surface area contributed by atoms with E-state index in [0.717, 1.165) is 37.6 Å². The molecule has 4 rings (SSSR count). The van der Waals surface area contributed by atoms with Gasteiger partial charge in [-0.15, -0.1) is 0 Å². The molecule has 0 radical (unpaired) electrons. The molecule has 7 heteroatoms. The summed E-state index contributed by atoms with van der Waals surface area (Å²) in [5, 5.41) is 5.55. The number of nitrogens with two attached hydrogens (primary N) is 1. The second-order valence-electron chi connectivity index (χ2n) is 11.2. The van der Waals surface area contributed by atoms with Crippen molar-refractivity contribution in [3.63, 3.8) is 0 Å². The molecule has 1 aliphatic rings. The number of nitrogen functional groups attached to an aromatic ring is 1. The van der Waals surface area contributed by atoms with E-state index in [9.17, 15) is 4.79 Å². The van der Waals surface area contributed by atoms with Crippen molar-refractivity contribution in [2.75, 3.05) is 55.8 Å². The molecule has 3 N–H and O–H groups in total. The van der Waals surface area contributed by atoms with Crippen molar-refractivity contribution in [2.24, 2.45) is 0 Å². The van der Waals surface area contributed by atoms with E-state index >= 15 is 0 Å². The van der Waals surface area contributed by atoms with E-state index in [1.807, 2.05) is 30.3 Å². The minimum absolute atomic E-state index is 0.0166. The lowest BCUT2D eigenvalue weighted by atomic mass is 10.2. The summed E-state index contributed by atoms with van der Waals surface area (Å²) in [4.78, 5) is 17.7. The predicted molar refractivity (Wildman–Crippen MR) is 162 cm³/mol. The Morgan fingerprint density at radius 2 is 1.50 bits per heavy atom. The Morgan fingerprint density at radius 1 is 0.921 bits per heavy atom. The van der Waals surface area contributed by atoms with Crippen LogP contribution in [0.3, 0.4) is 0 Å². The van der Waals surface area contributed by atoms with Crippen LogP contribution in [0, 0.1) is 0 Å². The smallest absolute Gasteiger partial charge is 0.261 e. The maximum Gasteiger partial charge on any atom is 0.261 e. The minimum Gasteiger partial charge on any atom is -0.407 e. The Hall–Kier alpha value is -3.13. The fraction of sp³-hybridized carbons (Fsp3) is 0.387. The number of amides is 1. The number of nitrogens with one attached hydrogen (secondary N) is 1. The molecule has 38 heavy (non-hydrogen) atoms. The first kappa shape index (κ1) is 27.9. The minimum atomic E-state index is -2.60. The highest BCUT2D eigenvalue weighted by atomic mass is 28.4. The Bertz CT molecular complexity index is 1150. The van der Waals surface area contributed by atoms with Crippen LogP contribution < -0.4 is 26.3 Å². The van der Waals surface area contributed by atoms with Crippen LogP contribution in [0.5, 0.6) is 0 Å². The van der Waals surface area contributed by atoms with Crippen LogP contribution in [-0.4, -0.2) is 59.0 Å². The van der Waals surface area contributed by atoms with Gasteiger partial charge >= 0.3 is 0 Å². The van der Waals surface area contributed by atoms with E-state index in [4.69, 9.17) is 10.2 Å². The average Bonchev–Trinajstić information content (AvgIpc) is 2.90. The number of carbonyl (C=O) groups excluding carboxylic acids is 1. The molecule has 0 aromatic heterocycles. The molecule has 6 nitrogen and oxygen atoms in total. The fourth-order valence-corrected chi connectivity index (χ4v) is 10.0. The van der Waals surface area contributed by atoms with E-state index in [1.165, 1.54) is 10.4 Å². The molecule has 1 heterocycles. The van der Waals surface area contributed by atoms with Gasteiger partial charge in [-0.1, -0.05) is 81.4 Å². The number of rotatable bonds is 9. The molecule has 0 atom stereocenters. The summed E-state index contributed by atoms with van der Waals surface area (Å²) in [6, 6.07) is 27.0. The SMILES string of the molecule is CN1CCN(c2ccc(N)cc2NC(=O)CCCO[Si](c2ccccc2)(c2ccccc2)C(C)(C)C)CC1. The molecule has 3 aromatic rings. The summed E-state index contributed by atoms with van der Waals surface area (Å²) in [7, 11) is -0.462. The summed E-state index contributed by atoms with van der Waals surface area (Å²) in [5.74, 6) is -0.0166. The zero-order valence-corrected chi connectivity index (χ0v) is 24.2. The lowest BCUT2D eigenvalue weighted by molar-refractivity contribution is -0.116. The van der Waals surface area contributed by atoms with Gasteiger partial charge in [0, 0.05) is 44.9 Å². The first-order chi connectivity index (χ1) is 18.2. The predicted octanol–water partition coefficient (Wildman–Crippen LogP) is 4.32. The van der Waals surface area contributed by atoms with Gasteiger partial charge in [-0.05, 0) is 47.1 Å². The molecule has 1 amide bonds. The van der Waals surface area contributed by atoms with Gasteiger partial charge in [0.1, 0.15) is 0 Å². The van der Waals surface area contributed by atoms with Gasteiger partial charge in [0.2, 0.25) is 5.91 Å². The number of likely N-dealkylation sites (N-methyl/N-ethyl adjacent to an activating group) is 1. The normalized spacial score (nSPS) is 14.9. The van der Waals surface area contributed by atoms with Crippen LogP contribution in [0.4, 0.5) is 17.1 Å². The van der Waals surface area contributed by atoms with Crippen molar-refractivity contribution in [1.29, 1.82) is 0 Å². The summed E-state index contributed by atoms with van der Waals surface area (Å²) in [5.41, 5.74) is 8.54. The molecule has 0 saturated carbocycles. The highest BCUT2D eigenvalue weighted by Gasteiger charge is 2.49. The van der Waals surface area contributed by atoms with Crippen molar-refractivity contribution in [2.45, 2.75) is 38.7 Å². The number of carbonyl (C=O) groups is 1. The molecule has 1 saturated heterocycles. The lowest BCUT2D eigenvalue weighted by Crippen LogP contribution is -2.66. The highest BCUT2D eigenvalue weighted by Crippen LogP contribution is 2.37. The number of hydrogen-bond acceptors (Lipinski definition) is 5. The fourth-order valence-electron chi connectivity index (χ4n) is 5.41. The van der Waals surface area contributed by atoms with Gasteiger partial charge in [0.05, 0.1) is 11.4 Å². The number of benzene rings is 3. The highest BCUT2D eigenvalue weighted by molar-refractivity contribution is 6.99. The van der Waals surface area contributed by atoms with Crippen molar-refractivity contribution < 1.29 is 9.22 Å². The summed E-state index contributed by atoms with van der Waals surface area (Å²) < 4.78 is 6.94. The summed E-state index contributed by atoms with van der Waals surface area (Å²) in [6.07, 6.45) is 1.03. The van der Waals surface area contributed by atoms with E-state index in [2.05, 4.69) is 91.5 Å². The Balaban J connectivity index is 1.45. The molecular formula is C31H42N4O2Si. The van der Waals surface area contributed by atoms with Gasteiger partial charge < -0.3 is 25.3 Å². The molecule has 202 valence electrons. The van der Waals surface area contributed by atoms with E-state index < -0.39 is 8.32 Å². The maximum atomic E-state index is 13.0. The number of hydrogen-bond donors (Lipinski definition) is 2. The number of nitrogens with zero attached hydrogens (tertiary/aromatic N) is 2. The second kappa shape index (κ2) is 12.2. The zero-order chi connectivity index (χ0) is 27.2. The molecule has 1 aliphatic heterocycles. The first-order valence-electron chi connectivity index (χ1n) is 13.6. The summed E-state index contributed by atoms with van der Waals surface area (Å²) in [6.45, 7) is 11.2. The second-order valence-corrected chi connectivity index (χ2v) is 15.5. The lowest BCUT2D eigenvalue weighted by Gasteiger charge is -2.43. The average molecular weight is 531 g/mol. The van der Waals surface area contributed by atoms with Crippen LogP contribution in [0.2, 0.25) is 5.04 Å². The molecular weight excluding hydrogens is 488 g/mol. The Morgan fingerprint density at radius 3 is 2.05 bits per heavy atom. The van der Waals surface area contributed by atoms with Gasteiger partial charge in [0.15, 0.2) is 0 Å². The molecule has 0 unspecified atom stereocenters. The van der Waals surface area contributed by atoms with Crippen molar-refractivity contribution >= 4 is 41.7 Å². The quantitative estimate of drug-likeness (QED) is 0.245. The monoisotopic (exact) mass is 530 g/mol. The van der Waals surface area contributed by atoms with Crippen LogP contribution in [0.15, 0.2) is 78.9 Å². The Kier molecular flexibility index (Phi) is 8.92. The standard InChI is InChI=1S/C31H42N4O2Si/c1-31(2,3)38(26-12-7-5-8-13-26,27-14-9-6-10-15-27)37-23-11-16-30(36)33-28-24-25(32)17-18-29(28)35-21-19-34(4)20-22-35/h5-10,12-15,17-18,24H,11,16,19-23,32H2,1-4H3,(H,33,36). The van der Waals surface area contributed by atoms with Crippen molar-refractivity contribution in [3.8, 4) is 0 Å². The largest absolute Gasteiger partial charge is 0.407 e. The molecule has 0 aliphatic carbocycles. The van der Waals surface area contributed by atoms with Gasteiger partial charge in [-0.3, -0.25) is 4.79 Å². The first-order valence-corrected chi connectivity index (χ1v) is 15.5. The number of anilines is 3. The molecule has 0 spiro atoms. The third kappa shape index (κ3) is 6.29. The van der Waals surface area contributed by atoms with Crippen molar-refractivity contribution in [1.82, 2.24) is 4.90 Å². The van der Waals surface area contributed by atoms with E-state index in [0.29, 0.717) is 25.1 Å².